The molecule has 0 spiro atoms. The van der Waals surface area contributed by atoms with E-state index in [2.05, 4.69) is 202 Å². The van der Waals surface area contributed by atoms with Crippen molar-refractivity contribution in [3.63, 3.8) is 0 Å². The number of fused-ring (bicyclic) bond motifs is 12. The molecule has 246 valence electrons. The molecule has 0 N–H and O–H groups in total. The molecule has 0 unspecified atom stereocenters. The van der Waals surface area contributed by atoms with Gasteiger partial charge in [0.25, 0.3) is 0 Å². The Morgan fingerprint density at radius 1 is 0.269 bits per heavy atom. The summed E-state index contributed by atoms with van der Waals surface area (Å²) in [7, 11) is 0. The van der Waals surface area contributed by atoms with Gasteiger partial charge in [0.2, 0.25) is 0 Å². The minimum Gasteiger partial charge on any atom is -0.135 e. The molecule has 11 rings (SSSR count). The SMILES string of the molecule is Brc1ccc2c(c1)c1ccccc1c1cc3sc4ccccc4c3cc21.Brc1cccc(-c2ccccc2-c2ccc3c(c2)sc2ccccc23)c1. The van der Waals surface area contributed by atoms with E-state index in [0.717, 1.165) is 8.95 Å². The summed E-state index contributed by atoms with van der Waals surface area (Å²) in [4.78, 5) is 0. The highest BCUT2D eigenvalue weighted by Gasteiger charge is 2.13. The Hall–Kier alpha value is -4.84. The molecule has 0 amide bonds. The first-order chi connectivity index (χ1) is 25.6. The fourth-order valence-corrected chi connectivity index (χ4v) is 10.7. The first kappa shape index (κ1) is 31.9. The van der Waals surface area contributed by atoms with E-state index < -0.39 is 0 Å². The zero-order chi connectivity index (χ0) is 34.8. The van der Waals surface area contributed by atoms with Crippen LogP contribution in [-0.2, 0) is 0 Å². The first-order valence-corrected chi connectivity index (χ1v) is 20.4. The number of halogens is 2. The number of hydrogen-bond donors (Lipinski definition) is 0. The van der Waals surface area contributed by atoms with Crippen molar-refractivity contribution in [3.05, 3.63) is 179 Å². The normalized spacial score (nSPS) is 11.7. The summed E-state index contributed by atoms with van der Waals surface area (Å²) in [5.41, 5.74) is 5.02. The average Bonchev–Trinajstić information content (AvgIpc) is 3.75. The third-order valence-corrected chi connectivity index (χ3v) is 13.3. The highest BCUT2D eigenvalue weighted by Crippen LogP contribution is 2.43. The molecule has 4 heteroatoms. The van der Waals surface area contributed by atoms with Gasteiger partial charge in [0.15, 0.2) is 0 Å². The van der Waals surface area contributed by atoms with Gasteiger partial charge < -0.3 is 0 Å². The summed E-state index contributed by atoms with van der Waals surface area (Å²) < 4.78 is 7.63. The zero-order valence-corrected chi connectivity index (χ0v) is 32.5. The summed E-state index contributed by atoms with van der Waals surface area (Å²) in [5.74, 6) is 0. The van der Waals surface area contributed by atoms with E-state index in [9.17, 15) is 0 Å². The van der Waals surface area contributed by atoms with Gasteiger partial charge in [0, 0.05) is 49.3 Å². The molecule has 0 nitrogen and oxygen atoms in total. The van der Waals surface area contributed by atoms with Gasteiger partial charge in [-0.15, -0.1) is 22.7 Å². The molecule has 2 aromatic heterocycles. The van der Waals surface area contributed by atoms with Gasteiger partial charge in [-0.3, -0.25) is 0 Å². The van der Waals surface area contributed by atoms with E-state index in [1.807, 2.05) is 22.7 Å². The van der Waals surface area contributed by atoms with Crippen LogP contribution in [0, 0.1) is 0 Å². The molecule has 0 atom stereocenters. The van der Waals surface area contributed by atoms with Crippen LogP contribution in [0.5, 0.6) is 0 Å². The molecule has 0 bridgehead atoms. The lowest BCUT2D eigenvalue weighted by Crippen LogP contribution is -1.85. The zero-order valence-electron chi connectivity index (χ0n) is 27.7. The lowest BCUT2D eigenvalue weighted by Gasteiger charge is -2.11. The van der Waals surface area contributed by atoms with E-state index >= 15 is 0 Å². The second-order valence-electron chi connectivity index (χ2n) is 13.1. The number of hydrogen-bond acceptors (Lipinski definition) is 2. The Kier molecular flexibility index (Phi) is 7.95. The van der Waals surface area contributed by atoms with Crippen LogP contribution < -0.4 is 0 Å². The molecule has 0 aliphatic heterocycles. The fraction of sp³-hybridized carbons (Fsp3) is 0. The maximum absolute atomic E-state index is 3.65. The van der Waals surface area contributed by atoms with Gasteiger partial charge >= 0.3 is 0 Å². The quantitative estimate of drug-likeness (QED) is 0.152. The first-order valence-electron chi connectivity index (χ1n) is 17.2. The molecule has 0 aliphatic carbocycles. The monoisotopic (exact) mass is 826 g/mol. The number of benzene rings is 9. The molecule has 0 saturated heterocycles. The van der Waals surface area contributed by atoms with Crippen LogP contribution in [0.25, 0.3) is 94.9 Å². The molecule has 2 heterocycles. The van der Waals surface area contributed by atoms with Crippen molar-refractivity contribution < 1.29 is 0 Å². The van der Waals surface area contributed by atoms with Gasteiger partial charge in [-0.25, -0.2) is 0 Å². The van der Waals surface area contributed by atoms with E-state index in [-0.39, 0.29) is 0 Å². The Morgan fingerprint density at radius 3 is 1.44 bits per heavy atom. The molecule has 0 radical (unpaired) electrons. The van der Waals surface area contributed by atoms with Crippen LogP contribution in [0.2, 0.25) is 0 Å². The molecular weight excluding hydrogens is 800 g/mol. The Morgan fingerprint density at radius 2 is 0.750 bits per heavy atom. The minimum atomic E-state index is 1.10. The van der Waals surface area contributed by atoms with E-state index in [1.54, 1.807) is 0 Å². The van der Waals surface area contributed by atoms with Gasteiger partial charge in [-0.2, -0.15) is 0 Å². The summed E-state index contributed by atoms with van der Waals surface area (Å²) in [5, 5.41) is 13.3. The molecular formula is C48H28Br2S2. The summed E-state index contributed by atoms with van der Waals surface area (Å²) in [6, 6.07) is 61.5. The van der Waals surface area contributed by atoms with Crippen molar-refractivity contribution in [2.45, 2.75) is 0 Å². The van der Waals surface area contributed by atoms with Gasteiger partial charge in [0.05, 0.1) is 0 Å². The minimum absolute atomic E-state index is 1.10. The van der Waals surface area contributed by atoms with Crippen LogP contribution in [-0.4, -0.2) is 0 Å². The summed E-state index contributed by atoms with van der Waals surface area (Å²) in [6.07, 6.45) is 0. The molecule has 9 aromatic carbocycles. The maximum atomic E-state index is 3.65. The highest BCUT2D eigenvalue weighted by atomic mass is 79.9. The molecule has 11 aromatic rings. The van der Waals surface area contributed by atoms with Gasteiger partial charge in [0.1, 0.15) is 0 Å². The second kappa shape index (κ2) is 13.0. The second-order valence-corrected chi connectivity index (χ2v) is 17.1. The van der Waals surface area contributed by atoms with Crippen molar-refractivity contribution in [1.82, 2.24) is 0 Å². The topological polar surface area (TPSA) is 0 Å². The number of thiophene rings is 2. The van der Waals surface area contributed by atoms with Crippen molar-refractivity contribution in [2.24, 2.45) is 0 Å². The predicted octanol–water partition coefficient (Wildman–Crippen LogP) is 16.4. The molecule has 0 fully saturated rings. The molecule has 0 aliphatic rings. The van der Waals surface area contributed by atoms with Crippen LogP contribution in [0.4, 0.5) is 0 Å². The van der Waals surface area contributed by atoms with Crippen molar-refractivity contribution in [2.75, 3.05) is 0 Å². The number of rotatable bonds is 2. The summed E-state index contributed by atoms with van der Waals surface area (Å²) >= 11 is 11.0. The van der Waals surface area contributed by atoms with Gasteiger partial charge in [-0.1, -0.05) is 147 Å². The highest BCUT2D eigenvalue weighted by molar-refractivity contribution is 9.10. The Balaban J connectivity index is 0.000000130. The molecule has 0 saturated carbocycles. The lowest BCUT2D eigenvalue weighted by atomic mass is 9.93. The van der Waals surface area contributed by atoms with Crippen LogP contribution in [0.15, 0.2) is 179 Å². The third-order valence-electron chi connectivity index (χ3n) is 10.0. The van der Waals surface area contributed by atoms with Crippen LogP contribution >= 0.6 is 54.5 Å². The molecule has 52 heavy (non-hydrogen) atoms. The Bertz CT molecular complexity index is 3170. The smallest absolute Gasteiger partial charge is 0.0362 e. The van der Waals surface area contributed by atoms with E-state index in [4.69, 9.17) is 0 Å². The van der Waals surface area contributed by atoms with Crippen molar-refractivity contribution in [3.8, 4) is 22.3 Å². The standard InChI is InChI=1S/C24H13BrS.C24H15BrS/c25-14-9-10-17-19(11-14)15-5-1-2-6-16(15)21-13-24-22(12-20(17)21)18-7-3-4-8-23(18)26-24;25-18-7-5-6-16(14-18)19-8-1-2-9-20(19)17-12-13-22-21-10-3-4-11-23(21)26-24(22)15-17/h1-13H;1-15H. The van der Waals surface area contributed by atoms with Crippen molar-refractivity contribution >= 4 is 127 Å². The lowest BCUT2D eigenvalue weighted by molar-refractivity contribution is 1.58. The third kappa shape index (κ3) is 5.45. The predicted molar refractivity (Wildman–Crippen MR) is 237 cm³/mol. The fourth-order valence-electron chi connectivity index (χ4n) is 7.68. The van der Waals surface area contributed by atoms with Gasteiger partial charge in [-0.05, 0) is 109 Å². The largest absolute Gasteiger partial charge is 0.135 e. The van der Waals surface area contributed by atoms with Crippen molar-refractivity contribution in [1.29, 1.82) is 0 Å². The maximum Gasteiger partial charge on any atom is 0.0362 e. The van der Waals surface area contributed by atoms with Crippen LogP contribution in [0.3, 0.4) is 0 Å². The average molecular weight is 829 g/mol. The van der Waals surface area contributed by atoms with Crippen LogP contribution in [0.1, 0.15) is 0 Å². The van der Waals surface area contributed by atoms with E-state index in [1.165, 1.54) is 94.9 Å². The summed E-state index contributed by atoms with van der Waals surface area (Å²) in [6.45, 7) is 0. The van der Waals surface area contributed by atoms with E-state index in [0.29, 0.717) is 0 Å². The Labute approximate surface area is 325 Å².